The first-order valence-electron chi connectivity index (χ1n) is 8.96. The Morgan fingerprint density at radius 2 is 2.04 bits per heavy atom. The highest BCUT2D eigenvalue weighted by Gasteiger charge is 2.39. The standard InChI is InChI=1S/C19H29NO4/c1-4-12-11-20-7-5-14-15(16(20)9-13(12)6-8-21)10-17(23-2)19(24-3)18(14)22/h10,12-13,16,21-22H,4-9,11H2,1-3H3/t12-,13+,16+/m1/s1. The van der Waals surface area contributed by atoms with E-state index in [1.165, 1.54) is 0 Å². The van der Waals surface area contributed by atoms with Crippen LogP contribution in [0.5, 0.6) is 17.2 Å². The van der Waals surface area contributed by atoms with Gasteiger partial charge in [0.05, 0.1) is 14.2 Å². The Kier molecular flexibility index (Phi) is 5.21. The van der Waals surface area contributed by atoms with Crippen LogP contribution in [0.3, 0.4) is 0 Å². The number of fused-ring (bicyclic) bond motifs is 3. The van der Waals surface area contributed by atoms with E-state index in [2.05, 4.69) is 11.8 Å². The van der Waals surface area contributed by atoms with E-state index in [0.29, 0.717) is 29.4 Å². The molecule has 0 aromatic heterocycles. The molecule has 2 heterocycles. The molecule has 0 saturated carbocycles. The number of benzene rings is 1. The molecule has 2 aliphatic rings. The molecule has 1 aromatic carbocycles. The smallest absolute Gasteiger partial charge is 0.203 e. The molecule has 3 atom stereocenters. The van der Waals surface area contributed by atoms with Gasteiger partial charge >= 0.3 is 0 Å². The summed E-state index contributed by atoms with van der Waals surface area (Å²) in [5, 5.41) is 20.1. The second-order valence-corrected chi connectivity index (χ2v) is 6.97. The Morgan fingerprint density at radius 1 is 1.25 bits per heavy atom. The molecule has 0 bridgehead atoms. The second kappa shape index (κ2) is 7.19. The maximum absolute atomic E-state index is 10.6. The van der Waals surface area contributed by atoms with Crippen molar-refractivity contribution in [3.8, 4) is 17.2 Å². The van der Waals surface area contributed by atoms with Gasteiger partial charge in [-0.15, -0.1) is 0 Å². The van der Waals surface area contributed by atoms with Crippen molar-refractivity contribution >= 4 is 0 Å². The van der Waals surface area contributed by atoms with E-state index in [-0.39, 0.29) is 12.4 Å². The summed E-state index contributed by atoms with van der Waals surface area (Å²) in [7, 11) is 3.16. The largest absolute Gasteiger partial charge is 0.504 e. The molecule has 1 aromatic rings. The van der Waals surface area contributed by atoms with Crippen LogP contribution in [0, 0.1) is 11.8 Å². The Balaban J connectivity index is 1.99. The van der Waals surface area contributed by atoms with E-state index in [1.54, 1.807) is 14.2 Å². The van der Waals surface area contributed by atoms with Crippen LogP contribution in [0.15, 0.2) is 6.07 Å². The Morgan fingerprint density at radius 3 is 2.67 bits per heavy atom. The molecule has 5 nitrogen and oxygen atoms in total. The highest BCUT2D eigenvalue weighted by Crippen LogP contribution is 2.49. The fraction of sp³-hybridized carbons (Fsp3) is 0.684. The second-order valence-electron chi connectivity index (χ2n) is 6.97. The molecule has 0 amide bonds. The van der Waals surface area contributed by atoms with Gasteiger partial charge < -0.3 is 19.7 Å². The van der Waals surface area contributed by atoms with E-state index in [1.807, 2.05) is 6.07 Å². The number of ether oxygens (including phenoxy) is 2. The summed E-state index contributed by atoms with van der Waals surface area (Å²) < 4.78 is 10.8. The summed E-state index contributed by atoms with van der Waals surface area (Å²) in [6, 6.07) is 2.33. The first-order chi connectivity index (χ1) is 11.6. The molecular formula is C19H29NO4. The quantitative estimate of drug-likeness (QED) is 0.866. The zero-order chi connectivity index (χ0) is 17.3. The van der Waals surface area contributed by atoms with E-state index in [4.69, 9.17) is 9.47 Å². The van der Waals surface area contributed by atoms with Crippen molar-refractivity contribution in [3.05, 3.63) is 17.2 Å². The van der Waals surface area contributed by atoms with Crippen molar-refractivity contribution in [1.29, 1.82) is 0 Å². The first kappa shape index (κ1) is 17.4. The van der Waals surface area contributed by atoms with Gasteiger partial charge in [0.25, 0.3) is 0 Å². The van der Waals surface area contributed by atoms with E-state index < -0.39 is 0 Å². The predicted octanol–water partition coefficient (Wildman–Crippen LogP) is 2.74. The number of phenolic OH excluding ortho intramolecular Hbond substituents is 1. The summed E-state index contributed by atoms with van der Waals surface area (Å²) >= 11 is 0. The SMILES string of the molecule is CC[C@@H]1CN2CCc3c(cc(OC)c(OC)c3O)[C@@H]2C[C@@H]1CCO. The van der Waals surface area contributed by atoms with Crippen LogP contribution in [-0.2, 0) is 6.42 Å². The summed E-state index contributed by atoms with van der Waals surface area (Å²) in [5.74, 6) is 2.42. The van der Waals surface area contributed by atoms with Crippen LogP contribution in [0.1, 0.15) is 43.4 Å². The zero-order valence-electron chi connectivity index (χ0n) is 14.9. The third-order valence-electron chi connectivity index (χ3n) is 5.92. The van der Waals surface area contributed by atoms with Gasteiger partial charge in [-0.3, -0.25) is 4.90 Å². The Bertz CT molecular complexity index is 589. The molecule has 0 unspecified atom stereocenters. The van der Waals surface area contributed by atoms with Crippen molar-refractivity contribution < 1.29 is 19.7 Å². The number of aliphatic hydroxyl groups is 1. The van der Waals surface area contributed by atoms with Gasteiger partial charge in [0.2, 0.25) is 5.75 Å². The molecule has 24 heavy (non-hydrogen) atoms. The third kappa shape index (κ3) is 2.84. The lowest BCUT2D eigenvalue weighted by molar-refractivity contribution is 0.0405. The minimum atomic E-state index is 0.225. The van der Waals surface area contributed by atoms with Gasteiger partial charge in [0.1, 0.15) is 0 Å². The minimum absolute atomic E-state index is 0.225. The van der Waals surface area contributed by atoms with E-state index in [9.17, 15) is 10.2 Å². The van der Waals surface area contributed by atoms with E-state index >= 15 is 0 Å². The molecule has 1 fully saturated rings. The lowest BCUT2D eigenvalue weighted by Crippen LogP contribution is -2.46. The van der Waals surface area contributed by atoms with Crippen molar-refractivity contribution in [2.45, 2.75) is 38.6 Å². The number of hydrogen-bond acceptors (Lipinski definition) is 5. The van der Waals surface area contributed by atoms with Crippen LogP contribution in [0.25, 0.3) is 0 Å². The first-order valence-corrected chi connectivity index (χ1v) is 8.96. The average molecular weight is 335 g/mol. The fourth-order valence-corrected chi connectivity index (χ4v) is 4.61. The van der Waals surface area contributed by atoms with Crippen molar-refractivity contribution in [2.24, 2.45) is 11.8 Å². The lowest BCUT2D eigenvalue weighted by atomic mass is 9.74. The van der Waals surface area contributed by atoms with Gasteiger partial charge in [-0.1, -0.05) is 13.3 Å². The topological polar surface area (TPSA) is 62.2 Å². The lowest BCUT2D eigenvalue weighted by Gasteiger charge is -2.47. The highest BCUT2D eigenvalue weighted by molar-refractivity contribution is 5.59. The molecule has 1 saturated heterocycles. The molecule has 5 heteroatoms. The number of rotatable bonds is 5. The summed E-state index contributed by atoms with van der Waals surface area (Å²) in [4.78, 5) is 2.54. The monoisotopic (exact) mass is 335 g/mol. The Hall–Kier alpha value is -1.46. The highest BCUT2D eigenvalue weighted by atomic mass is 16.5. The van der Waals surface area contributed by atoms with Gasteiger partial charge in [0.15, 0.2) is 11.5 Å². The predicted molar refractivity (Wildman–Crippen MR) is 92.8 cm³/mol. The number of hydrogen-bond donors (Lipinski definition) is 2. The van der Waals surface area contributed by atoms with Crippen molar-refractivity contribution in [3.63, 3.8) is 0 Å². The number of methoxy groups -OCH3 is 2. The summed E-state index contributed by atoms with van der Waals surface area (Å²) in [6.07, 6.45) is 3.87. The summed E-state index contributed by atoms with van der Waals surface area (Å²) in [6.45, 7) is 4.52. The van der Waals surface area contributed by atoms with Crippen LogP contribution in [0.2, 0.25) is 0 Å². The molecule has 0 radical (unpaired) electrons. The number of phenols is 1. The third-order valence-corrected chi connectivity index (χ3v) is 5.92. The fourth-order valence-electron chi connectivity index (χ4n) is 4.61. The molecule has 2 aliphatic heterocycles. The maximum Gasteiger partial charge on any atom is 0.203 e. The summed E-state index contributed by atoms with van der Waals surface area (Å²) in [5.41, 5.74) is 2.15. The van der Waals surface area contributed by atoms with Crippen LogP contribution < -0.4 is 9.47 Å². The van der Waals surface area contributed by atoms with Crippen LogP contribution in [0.4, 0.5) is 0 Å². The van der Waals surface area contributed by atoms with Crippen LogP contribution >= 0.6 is 0 Å². The number of aliphatic hydroxyl groups excluding tert-OH is 1. The zero-order valence-corrected chi connectivity index (χ0v) is 14.9. The molecular weight excluding hydrogens is 306 g/mol. The number of aromatic hydroxyl groups is 1. The van der Waals surface area contributed by atoms with Gasteiger partial charge in [-0.05, 0) is 42.7 Å². The molecule has 134 valence electrons. The normalized spacial score (nSPS) is 26.6. The van der Waals surface area contributed by atoms with E-state index in [0.717, 1.165) is 49.9 Å². The molecule has 0 aliphatic carbocycles. The van der Waals surface area contributed by atoms with Crippen molar-refractivity contribution in [2.75, 3.05) is 33.9 Å². The van der Waals surface area contributed by atoms with Gasteiger partial charge in [0, 0.05) is 31.3 Å². The van der Waals surface area contributed by atoms with Crippen LogP contribution in [-0.4, -0.2) is 49.0 Å². The minimum Gasteiger partial charge on any atom is -0.504 e. The average Bonchev–Trinajstić information content (AvgIpc) is 2.61. The van der Waals surface area contributed by atoms with Gasteiger partial charge in [-0.2, -0.15) is 0 Å². The maximum atomic E-state index is 10.6. The van der Waals surface area contributed by atoms with Crippen molar-refractivity contribution in [1.82, 2.24) is 4.90 Å². The molecule has 0 spiro atoms. The Labute approximate surface area is 144 Å². The number of nitrogens with zero attached hydrogens (tertiary/aromatic N) is 1. The molecule has 2 N–H and O–H groups in total. The molecule has 3 rings (SSSR count). The van der Waals surface area contributed by atoms with Gasteiger partial charge in [-0.25, -0.2) is 0 Å². The number of piperidine rings is 1.